The van der Waals surface area contributed by atoms with Gasteiger partial charge in [0.2, 0.25) is 5.95 Å². The maximum Gasteiger partial charge on any atom is 0.229 e. The van der Waals surface area contributed by atoms with Gasteiger partial charge in [0, 0.05) is 29.8 Å². The normalized spacial score (nSPS) is 10.6. The Hall–Kier alpha value is -2.99. The molecule has 3 aromatic rings. The van der Waals surface area contributed by atoms with E-state index in [1.807, 2.05) is 36.4 Å². The molecule has 0 fully saturated rings. The zero-order chi connectivity index (χ0) is 20.1. The number of hydrogen-bond acceptors (Lipinski definition) is 6. The molecule has 6 nitrogen and oxygen atoms in total. The Morgan fingerprint density at radius 2 is 1.64 bits per heavy atom. The molecule has 0 atom stereocenters. The van der Waals surface area contributed by atoms with E-state index in [0.29, 0.717) is 28.2 Å². The monoisotopic (exact) mass is 398 g/mol. The van der Waals surface area contributed by atoms with E-state index in [1.54, 1.807) is 26.4 Å². The Morgan fingerprint density at radius 1 is 0.929 bits per heavy atom. The number of benzene rings is 2. The Bertz CT molecular complexity index is 949. The summed E-state index contributed by atoms with van der Waals surface area (Å²) < 4.78 is 10.7. The lowest BCUT2D eigenvalue weighted by atomic mass is 10.1. The topological polar surface area (TPSA) is 68.3 Å². The fraction of sp³-hybridized carbons (Fsp3) is 0.238. The first kappa shape index (κ1) is 19.8. The summed E-state index contributed by atoms with van der Waals surface area (Å²) in [5.74, 6) is 2.26. The average Bonchev–Trinajstić information content (AvgIpc) is 2.69. The van der Waals surface area contributed by atoms with Crippen molar-refractivity contribution in [3.05, 3.63) is 53.6 Å². The third-order valence-corrected chi connectivity index (χ3v) is 4.25. The first-order valence-corrected chi connectivity index (χ1v) is 9.27. The van der Waals surface area contributed by atoms with Crippen LogP contribution in [0.5, 0.6) is 11.5 Å². The number of rotatable bonds is 7. The number of nitrogens with one attached hydrogen (secondary N) is 2. The van der Waals surface area contributed by atoms with Crippen molar-refractivity contribution in [3.8, 4) is 22.8 Å². The second-order valence-electron chi connectivity index (χ2n) is 6.44. The molecule has 0 unspecified atom stereocenters. The van der Waals surface area contributed by atoms with Gasteiger partial charge in [0.1, 0.15) is 17.3 Å². The SMILES string of the molecule is COc1cc(Nc2nc(NC(C)C)cc(-c3ccccc3)n2)c(OC)cc1Cl. The van der Waals surface area contributed by atoms with E-state index in [2.05, 4.69) is 34.4 Å². The number of aromatic nitrogens is 2. The molecular formula is C21H23ClN4O2. The van der Waals surface area contributed by atoms with Gasteiger partial charge in [-0.2, -0.15) is 4.98 Å². The third kappa shape index (κ3) is 4.64. The Kier molecular flexibility index (Phi) is 6.21. The van der Waals surface area contributed by atoms with Gasteiger partial charge in [-0.15, -0.1) is 0 Å². The quantitative estimate of drug-likeness (QED) is 0.557. The summed E-state index contributed by atoms with van der Waals surface area (Å²) in [6.07, 6.45) is 0. The highest BCUT2D eigenvalue weighted by atomic mass is 35.5. The van der Waals surface area contributed by atoms with Crippen LogP contribution in [0.2, 0.25) is 5.02 Å². The van der Waals surface area contributed by atoms with E-state index >= 15 is 0 Å². The van der Waals surface area contributed by atoms with Crippen LogP contribution in [0.4, 0.5) is 17.5 Å². The molecule has 1 aromatic heterocycles. The molecule has 0 amide bonds. The number of hydrogen-bond donors (Lipinski definition) is 2. The van der Waals surface area contributed by atoms with Gasteiger partial charge in [0.25, 0.3) is 0 Å². The molecule has 0 spiro atoms. The Balaban J connectivity index is 2.04. The van der Waals surface area contributed by atoms with E-state index in [1.165, 1.54) is 0 Å². The van der Waals surface area contributed by atoms with Crippen LogP contribution >= 0.6 is 11.6 Å². The second-order valence-corrected chi connectivity index (χ2v) is 6.85. The van der Waals surface area contributed by atoms with Crippen molar-refractivity contribution in [2.24, 2.45) is 0 Å². The van der Waals surface area contributed by atoms with Crippen molar-refractivity contribution < 1.29 is 9.47 Å². The minimum atomic E-state index is 0.233. The molecule has 146 valence electrons. The van der Waals surface area contributed by atoms with Crippen molar-refractivity contribution in [3.63, 3.8) is 0 Å². The fourth-order valence-electron chi connectivity index (χ4n) is 2.71. The lowest BCUT2D eigenvalue weighted by Gasteiger charge is -2.15. The predicted molar refractivity (Wildman–Crippen MR) is 114 cm³/mol. The second kappa shape index (κ2) is 8.80. The molecule has 28 heavy (non-hydrogen) atoms. The van der Waals surface area contributed by atoms with Crippen molar-refractivity contribution in [1.82, 2.24) is 9.97 Å². The van der Waals surface area contributed by atoms with Crippen molar-refractivity contribution in [1.29, 1.82) is 0 Å². The highest BCUT2D eigenvalue weighted by molar-refractivity contribution is 6.32. The van der Waals surface area contributed by atoms with Gasteiger partial charge >= 0.3 is 0 Å². The molecule has 0 aliphatic rings. The minimum Gasteiger partial charge on any atom is -0.495 e. The minimum absolute atomic E-state index is 0.233. The number of halogens is 1. The molecule has 1 heterocycles. The highest BCUT2D eigenvalue weighted by Gasteiger charge is 2.13. The van der Waals surface area contributed by atoms with Crippen molar-refractivity contribution >= 4 is 29.1 Å². The number of anilines is 3. The van der Waals surface area contributed by atoms with Crippen LogP contribution in [0.25, 0.3) is 11.3 Å². The average molecular weight is 399 g/mol. The van der Waals surface area contributed by atoms with Crippen LogP contribution in [-0.4, -0.2) is 30.2 Å². The summed E-state index contributed by atoms with van der Waals surface area (Å²) in [7, 11) is 3.14. The summed E-state index contributed by atoms with van der Waals surface area (Å²) in [6.45, 7) is 4.12. The van der Waals surface area contributed by atoms with E-state index in [-0.39, 0.29) is 6.04 Å². The number of ether oxygens (including phenoxy) is 2. The molecule has 3 rings (SSSR count). The van der Waals surface area contributed by atoms with Gasteiger partial charge in [0.15, 0.2) is 0 Å². The molecule has 0 bridgehead atoms. The van der Waals surface area contributed by atoms with Gasteiger partial charge in [-0.1, -0.05) is 41.9 Å². The van der Waals surface area contributed by atoms with Crippen molar-refractivity contribution in [2.45, 2.75) is 19.9 Å². The fourth-order valence-corrected chi connectivity index (χ4v) is 2.94. The first-order chi connectivity index (χ1) is 13.5. The molecule has 0 saturated heterocycles. The molecule has 2 aromatic carbocycles. The molecule has 7 heteroatoms. The van der Waals surface area contributed by atoms with Gasteiger partial charge in [-0.05, 0) is 13.8 Å². The van der Waals surface area contributed by atoms with Gasteiger partial charge < -0.3 is 20.1 Å². The molecular weight excluding hydrogens is 376 g/mol. The van der Waals surface area contributed by atoms with Crippen molar-refractivity contribution in [2.75, 3.05) is 24.9 Å². The molecule has 0 aliphatic carbocycles. The smallest absolute Gasteiger partial charge is 0.229 e. The van der Waals surface area contributed by atoms with Gasteiger partial charge in [-0.3, -0.25) is 0 Å². The van der Waals surface area contributed by atoms with Gasteiger partial charge in [0.05, 0.1) is 30.6 Å². The summed E-state index contributed by atoms with van der Waals surface area (Å²) in [6, 6.07) is 15.6. The zero-order valence-electron chi connectivity index (χ0n) is 16.3. The lowest BCUT2D eigenvalue weighted by Crippen LogP contribution is -2.12. The van der Waals surface area contributed by atoms with E-state index in [0.717, 1.165) is 17.1 Å². The van der Waals surface area contributed by atoms with Crippen LogP contribution in [0.1, 0.15) is 13.8 Å². The largest absolute Gasteiger partial charge is 0.495 e. The summed E-state index contributed by atoms with van der Waals surface area (Å²) in [5.41, 5.74) is 2.46. The molecule has 0 aliphatic heterocycles. The van der Waals surface area contributed by atoms with Gasteiger partial charge in [-0.25, -0.2) is 4.98 Å². The van der Waals surface area contributed by atoms with Crippen LogP contribution in [0.15, 0.2) is 48.5 Å². The highest BCUT2D eigenvalue weighted by Crippen LogP contribution is 2.37. The molecule has 0 radical (unpaired) electrons. The van der Waals surface area contributed by atoms with E-state index < -0.39 is 0 Å². The van der Waals surface area contributed by atoms with Crippen LogP contribution in [0.3, 0.4) is 0 Å². The zero-order valence-corrected chi connectivity index (χ0v) is 17.0. The maximum absolute atomic E-state index is 6.20. The number of nitrogens with zero attached hydrogens (tertiary/aromatic N) is 2. The van der Waals surface area contributed by atoms with E-state index in [4.69, 9.17) is 21.1 Å². The maximum atomic E-state index is 6.20. The summed E-state index contributed by atoms with van der Waals surface area (Å²) in [4.78, 5) is 9.25. The molecule has 2 N–H and O–H groups in total. The summed E-state index contributed by atoms with van der Waals surface area (Å²) in [5, 5.41) is 7.02. The molecule has 0 saturated carbocycles. The first-order valence-electron chi connectivity index (χ1n) is 8.89. The van der Waals surface area contributed by atoms with Crippen LogP contribution in [-0.2, 0) is 0 Å². The lowest BCUT2D eigenvalue weighted by molar-refractivity contribution is 0.405. The Labute approximate surface area is 169 Å². The predicted octanol–water partition coefficient (Wildman–Crippen LogP) is 5.38. The van der Waals surface area contributed by atoms with Crippen LogP contribution in [0, 0.1) is 0 Å². The number of methoxy groups -OCH3 is 2. The van der Waals surface area contributed by atoms with Crippen LogP contribution < -0.4 is 20.1 Å². The Morgan fingerprint density at radius 3 is 2.29 bits per heavy atom. The van der Waals surface area contributed by atoms with E-state index in [9.17, 15) is 0 Å². The summed E-state index contributed by atoms with van der Waals surface area (Å²) >= 11 is 6.20. The standard InChI is InChI=1S/C21H23ClN4O2/c1-13(2)23-20-12-16(14-8-6-5-7-9-14)24-21(26-20)25-17-11-18(27-3)15(22)10-19(17)28-4/h5-13H,1-4H3,(H2,23,24,25,26). The third-order valence-electron chi connectivity index (χ3n) is 3.95.